The van der Waals surface area contributed by atoms with Gasteiger partial charge in [0.2, 0.25) is 0 Å². The van der Waals surface area contributed by atoms with Gasteiger partial charge < -0.3 is 19.7 Å². The fraction of sp³-hybridized carbons (Fsp3) is 0.350. The number of rotatable bonds is 5. The minimum absolute atomic E-state index is 0.102. The second-order valence-corrected chi connectivity index (χ2v) is 6.39. The van der Waals surface area contributed by atoms with Crippen molar-refractivity contribution in [1.82, 2.24) is 0 Å². The molecule has 1 aliphatic carbocycles. The van der Waals surface area contributed by atoms with E-state index in [1.165, 1.54) is 24.3 Å². The zero-order chi connectivity index (χ0) is 17.6. The number of phenols is 1. The molecule has 1 saturated carbocycles. The SMILES string of the molecule is O=C(Oc1ccc(OCC2CCC(O)CC2)cc1)c1ccc(O)cc1. The first-order valence-corrected chi connectivity index (χ1v) is 8.52. The Bertz CT molecular complexity index is 685. The second-order valence-electron chi connectivity index (χ2n) is 6.39. The van der Waals surface area contributed by atoms with Gasteiger partial charge in [-0.2, -0.15) is 0 Å². The normalized spacial score (nSPS) is 20.0. The third-order valence-corrected chi connectivity index (χ3v) is 4.44. The number of aliphatic hydroxyl groups excluding tert-OH is 1. The van der Waals surface area contributed by atoms with Gasteiger partial charge in [-0.1, -0.05) is 0 Å². The number of ether oxygens (including phenoxy) is 2. The van der Waals surface area contributed by atoms with Gasteiger partial charge in [0.05, 0.1) is 18.3 Å². The first-order valence-electron chi connectivity index (χ1n) is 8.52. The van der Waals surface area contributed by atoms with Crippen molar-refractivity contribution in [3.05, 3.63) is 54.1 Å². The monoisotopic (exact) mass is 342 g/mol. The van der Waals surface area contributed by atoms with Crippen LogP contribution >= 0.6 is 0 Å². The van der Waals surface area contributed by atoms with Crippen LogP contribution in [0.3, 0.4) is 0 Å². The van der Waals surface area contributed by atoms with Crippen molar-refractivity contribution in [3.63, 3.8) is 0 Å². The molecule has 5 nitrogen and oxygen atoms in total. The summed E-state index contributed by atoms with van der Waals surface area (Å²) >= 11 is 0. The molecule has 2 aromatic carbocycles. The third kappa shape index (κ3) is 4.97. The van der Waals surface area contributed by atoms with Crippen LogP contribution in [0.5, 0.6) is 17.2 Å². The van der Waals surface area contributed by atoms with Gasteiger partial charge in [0.1, 0.15) is 17.2 Å². The molecule has 25 heavy (non-hydrogen) atoms. The van der Waals surface area contributed by atoms with E-state index in [0.717, 1.165) is 31.4 Å². The molecule has 2 N–H and O–H groups in total. The van der Waals surface area contributed by atoms with E-state index in [1.807, 2.05) is 0 Å². The molecule has 0 unspecified atom stereocenters. The molecule has 0 bridgehead atoms. The van der Waals surface area contributed by atoms with Crippen LogP contribution in [0.4, 0.5) is 0 Å². The summed E-state index contributed by atoms with van der Waals surface area (Å²) in [7, 11) is 0. The Morgan fingerprint density at radius 1 is 0.920 bits per heavy atom. The summed E-state index contributed by atoms with van der Waals surface area (Å²) in [4.78, 5) is 12.0. The van der Waals surface area contributed by atoms with E-state index in [4.69, 9.17) is 9.47 Å². The number of phenolic OH excluding ortho intramolecular Hbond substituents is 1. The zero-order valence-corrected chi connectivity index (χ0v) is 13.9. The number of esters is 1. The fourth-order valence-corrected chi connectivity index (χ4v) is 2.89. The molecular formula is C20H22O5. The van der Waals surface area contributed by atoms with Crippen molar-refractivity contribution >= 4 is 5.97 Å². The van der Waals surface area contributed by atoms with Crippen molar-refractivity contribution in [3.8, 4) is 17.2 Å². The maximum Gasteiger partial charge on any atom is 0.343 e. The highest BCUT2D eigenvalue weighted by Crippen LogP contribution is 2.26. The highest BCUT2D eigenvalue weighted by molar-refractivity contribution is 5.91. The Morgan fingerprint density at radius 2 is 1.52 bits per heavy atom. The van der Waals surface area contributed by atoms with Crippen LogP contribution in [-0.4, -0.2) is 28.9 Å². The Balaban J connectivity index is 1.50. The number of benzene rings is 2. The lowest BCUT2D eigenvalue weighted by atomic mass is 9.88. The number of carbonyl (C=O) groups is 1. The van der Waals surface area contributed by atoms with Gasteiger partial charge >= 0.3 is 5.97 Å². The quantitative estimate of drug-likeness (QED) is 0.642. The molecule has 1 aliphatic rings. The summed E-state index contributed by atoms with van der Waals surface area (Å²) in [5, 5.41) is 18.8. The van der Waals surface area contributed by atoms with Gasteiger partial charge in [-0.05, 0) is 80.1 Å². The number of carbonyl (C=O) groups excluding carboxylic acids is 1. The molecule has 0 amide bonds. The lowest BCUT2D eigenvalue weighted by molar-refractivity contribution is 0.0734. The molecule has 0 radical (unpaired) electrons. The van der Waals surface area contributed by atoms with Gasteiger partial charge in [0, 0.05) is 0 Å². The summed E-state index contributed by atoms with van der Waals surface area (Å²) in [6.45, 7) is 0.638. The van der Waals surface area contributed by atoms with E-state index in [9.17, 15) is 15.0 Å². The summed E-state index contributed by atoms with van der Waals surface area (Å²) in [5.74, 6) is 1.28. The van der Waals surface area contributed by atoms with Crippen LogP contribution < -0.4 is 9.47 Å². The Labute approximate surface area is 146 Å². The van der Waals surface area contributed by atoms with E-state index in [1.54, 1.807) is 24.3 Å². The Morgan fingerprint density at radius 3 is 2.16 bits per heavy atom. The predicted molar refractivity (Wildman–Crippen MR) is 93.0 cm³/mol. The largest absolute Gasteiger partial charge is 0.508 e. The first kappa shape index (κ1) is 17.3. The van der Waals surface area contributed by atoms with Crippen molar-refractivity contribution in [2.75, 3.05) is 6.61 Å². The molecule has 0 atom stereocenters. The maximum atomic E-state index is 12.0. The number of aliphatic hydroxyl groups is 1. The minimum atomic E-state index is -0.477. The van der Waals surface area contributed by atoms with Crippen LogP contribution in [0.2, 0.25) is 0 Å². The van der Waals surface area contributed by atoms with Crippen LogP contribution in [0, 0.1) is 5.92 Å². The molecule has 5 heteroatoms. The standard InChI is InChI=1S/C20H22O5/c21-16-5-1-14(2-6-16)13-24-18-9-11-19(12-10-18)25-20(23)15-3-7-17(22)8-4-15/h3-4,7-12,14,16,21-22H,1-2,5-6,13H2. The lowest BCUT2D eigenvalue weighted by Gasteiger charge is -2.25. The van der Waals surface area contributed by atoms with Crippen LogP contribution in [0.15, 0.2) is 48.5 Å². The topological polar surface area (TPSA) is 76.0 Å². The summed E-state index contributed by atoms with van der Waals surface area (Å²) < 4.78 is 11.1. The molecule has 2 aromatic rings. The molecular weight excluding hydrogens is 320 g/mol. The molecule has 0 aromatic heterocycles. The zero-order valence-electron chi connectivity index (χ0n) is 13.9. The average molecular weight is 342 g/mol. The predicted octanol–water partition coefficient (Wildman–Crippen LogP) is 3.54. The second kappa shape index (κ2) is 8.03. The van der Waals surface area contributed by atoms with Gasteiger partial charge in [-0.25, -0.2) is 4.79 Å². The van der Waals surface area contributed by atoms with E-state index in [-0.39, 0.29) is 11.9 Å². The molecule has 0 aliphatic heterocycles. The van der Waals surface area contributed by atoms with Crippen molar-refractivity contribution in [2.45, 2.75) is 31.8 Å². The van der Waals surface area contributed by atoms with Gasteiger partial charge in [-0.15, -0.1) is 0 Å². The van der Waals surface area contributed by atoms with Crippen molar-refractivity contribution in [2.24, 2.45) is 5.92 Å². The third-order valence-electron chi connectivity index (χ3n) is 4.44. The Kier molecular flexibility index (Phi) is 5.56. The fourth-order valence-electron chi connectivity index (χ4n) is 2.89. The molecule has 132 valence electrons. The smallest absolute Gasteiger partial charge is 0.343 e. The molecule has 1 fully saturated rings. The molecule has 0 spiro atoms. The van der Waals surface area contributed by atoms with Gasteiger partial charge in [0.15, 0.2) is 0 Å². The average Bonchev–Trinajstić information content (AvgIpc) is 2.63. The highest BCUT2D eigenvalue weighted by Gasteiger charge is 2.19. The summed E-state index contributed by atoms with van der Waals surface area (Å²) in [6.07, 6.45) is 3.52. The van der Waals surface area contributed by atoms with Gasteiger partial charge in [0.25, 0.3) is 0 Å². The first-order chi connectivity index (χ1) is 12.1. The maximum absolute atomic E-state index is 12.0. The van der Waals surface area contributed by atoms with E-state index >= 15 is 0 Å². The van der Waals surface area contributed by atoms with E-state index in [2.05, 4.69) is 0 Å². The highest BCUT2D eigenvalue weighted by atomic mass is 16.5. The number of aromatic hydroxyl groups is 1. The van der Waals surface area contributed by atoms with E-state index < -0.39 is 5.97 Å². The van der Waals surface area contributed by atoms with Crippen LogP contribution in [-0.2, 0) is 0 Å². The minimum Gasteiger partial charge on any atom is -0.508 e. The van der Waals surface area contributed by atoms with Crippen molar-refractivity contribution < 1.29 is 24.5 Å². The summed E-state index contributed by atoms with van der Waals surface area (Å²) in [6, 6.07) is 12.8. The van der Waals surface area contributed by atoms with Gasteiger partial charge in [-0.3, -0.25) is 0 Å². The molecule has 0 saturated heterocycles. The Hall–Kier alpha value is -2.53. The van der Waals surface area contributed by atoms with Crippen LogP contribution in [0.25, 0.3) is 0 Å². The van der Waals surface area contributed by atoms with Crippen LogP contribution in [0.1, 0.15) is 36.0 Å². The molecule has 0 heterocycles. The van der Waals surface area contributed by atoms with Crippen molar-refractivity contribution in [1.29, 1.82) is 0 Å². The van der Waals surface area contributed by atoms with E-state index in [0.29, 0.717) is 23.8 Å². The summed E-state index contributed by atoms with van der Waals surface area (Å²) in [5.41, 5.74) is 0.373. The lowest BCUT2D eigenvalue weighted by Crippen LogP contribution is -2.22. The number of hydrogen-bond donors (Lipinski definition) is 2. The molecule has 3 rings (SSSR count). The number of hydrogen-bond acceptors (Lipinski definition) is 5.